The molecule has 0 saturated carbocycles. The summed E-state index contributed by atoms with van der Waals surface area (Å²) in [5, 5.41) is 2.10. The third-order valence-electron chi connectivity index (χ3n) is 2.40. The van der Waals surface area contributed by atoms with Crippen LogP contribution in [-0.4, -0.2) is 9.38 Å². The normalized spacial score (nSPS) is 11.1. The van der Waals surface area contributed by atoms with Crippen LogP contribution >= 0.6 is 27.3 Å². The molecule has 0 spiro atoms. The number of thiophene rings is 1. The smallest absolute Gasteiger partial charge is 0.137 e. The van der Waals surface area contributed by atoms with Gasteiger partial charge in [0.2, 0.25) is 0 Å². The molecule has 0 aliphatic heterocycles. The summed E-state index contributed by atoms with van der Waals surface area (Å²) < 4.78 is 3.12. The number of nitrogens with zero attached hydrogens (tertiary/aromatic N) is 2. The summed E-state index contributed by atoms with van der Waals surface area (Å²) in [6.45, 7) is 0. The second-order valence-corrected chi connectivity index (χ2v) is 5.55. The van der Waals surface area contributed by atoms with Crippen molar-refractivity contribution in [3.63, 3.8) is 0 Å². The Kier molecular flexibility index (Phi) is 2.53. The number of imidazole rings is 1. The maximum Gasteiger partial charge on any atom is 0.137 e. The van der Waals surface area contributed by atoms with E-state index in [-0.39, 0.29) is 0 Å². The Balaban J connectivity index is 1.99. The monoisotopic (exact) mass is 292 g/mol. The van der Waals surface area contributed by atoms with Crippen molar-refractivity contribution in [2.75, 3.05) is 0 Å². The highest BCUT2D eigenvalue weighted by Gasteiger charge is 2.03. The Labute approximate surface area is 106 Å². The number of hydrogen-bond acceptors (Lipinski definition) is 2. The van der Waals surface area contributed by atoms with Gasteiger partial charge in [-0.2, -0.15) is 0 Å². The molecule has 16 heavy (non-hydrogen) atoms. The predicted molar refractivity (Wildman–Crippen MR) is 70.0 cm³/mol. The molecule has 3 rings (SSSR count). The SMILES string of the molecule is Brc1ccc2nc(Cc3cccs3)cn2c1. The summed E-state index contributed by atoms with van der Waals surface area (Å²) >= 11 is 5.23. The second-order valence-electron chi connectivity index (χ2n) is 3.60. The number of rotatable bonds is 2. The van der Waals surface area contributed by atoms with Crippen LogP contribution in [0.5, 0.6) is 0 Å². The van der Waals surface area contributed by atoms with Gasteiger partial charge in [-0.05, 0) is 39.5 Å². The summed E-state index contributed by atoms with van der Waals surface area (Å²) in [6.07, 6.45) is 5.02. The molecule has 0 atom stereocenters. The maximum atomic E-state index is 4.58. The van der Waals surface area contributed by atoms with Crippen LogP contribution in [-0.2, 0) is 6.42 Å². The lowest BCUT2D eigenvalue weighted by atomic mass is 10.3. The number of halogens is 1. The molecule has 0 aliphatic rings. The van der Waals surface area contributed by atoms with Crippen LogP contribution < -0.4 is 0 Å². The molecule has 3 heterocycles. The Bertz CT molecular complexity index is 613. The fourth-order valence-corrected chi connectivity index (χ4v) is 2.77. The van der Waals surface area contributed by atoms with Gasteiger partial charge in [0.05, 0.1) is 5.69 Å². The first-order chi connectivity index (χ1) is 7.81. The van der Waals surface area contributed by atoms with Crippen LogP contribution in [0.3, 0.4) is 0 Å². The van der Waals surface area contributed by atoms with Gasteiger partial charge in [0.1, 0.15) is 5.65 Å². The summed E-state index contributed by atoms with van der Waals surface area (Å²) in [5.41, 5.74) is 2.11. The second kappa shape index (κ2) is 4.03. The molecule has 2 nitrogen and oxygen atoms in total. The third kappa shape index (κ3) is 1.90. The van der Waals surface area contributed by atoms with Gasteiger partial charge < -0.3 is 4.40 Å². The molecule has 80 valence electrons. The van der Waals surface area contributed by atoms with Crippen molar-refractivity contribution in [1.82, 2.24) is 9.38 Å². The van der Waals surface area contributed by atoms with Crippen LogP contribution in [0.4, 0.5) is 0 Å². The van der Waals surface area contributed by atoms with Crippen molar-refractivity contribution in [3.05, 3.63) is 57.1 Å². The van der Waals surface area contributed by atoms with E-state index in [4.69, 9.17) is 0 Å². The Morgan fingerprint density at radius 2 is 2.19 bits per heavy atom. The zero-order chi connectivity index (χ0) is 11.0. The quantitative estimate of drug-likeness (QED) is 0.703. The third-order valence-corrected chi connectivity index (χ3v) is 3.75. The number of pyridine rings is 1. The van der Waals surface area contributed by atoms with E-state index in [1.54, 1.807) is 11.3 Å². The van der Waals surface area contributed by atoms with Crippen molar-refractivity contribution in [2.45, 2.75) is 6.42 Å². The Morgan fingerprint density at radius 1 is 1.25 bits per heavy atom. The molecule has 0 aliphatic carbocycles. The van der Waals surface area contributed by atoms with E-state index in [2.05, 4.69) is 44.6 Å². The first-order valence-corrected chi connectivity index (χ1v) is 6.64. The summed E-state index contributed by atoms with van der Waals surface area (Å²) in [7, 11) is 0. The first-order valence-electron chi connectivity index (χ1n) is 4.97. The van der Waals surface area contributed by atoms with Crippen LogP contribution in [0.25, 0.3) is 5.65 Å². The maximum absolute atomic E-state index is 4.58. The zero-order valence-corrected chi connectivity index (χ0v) is 10.8. The largest absolute Gasteiger partial charge is 0.306 e. The van der Waals surface area contributed by atoms with Crippen LogP contribution in [0.2, 0.25) is 0 Å². The van der Waals surface area contributed by atoms with Crippen LogP contribution in [0, 0.1) is 0 Å². The minimum absolute atomic E-state index is 0.914. The minimum Gasteiger partial charge on any atom is -0.306 e. The molecule has 4 heteroatoms. The molecule has 0 unspecified atom stereocenters. The minimum atomic E-state index is 0.914. The lowest BCUT2D eigenvalue weighted by Crippen LogP contribution is -1.82. The van der Waals surface area contributed by atoms with E-state index in [0.717, 1.165) is 22.2 Å². The molecule has 0 bridgehead atoms. The van der Waals surface area contributed by atoms with Gasteiger partial charge in [-0.3, -0.25) is 0 Å². The van der Waals surface area contributed by atoms with E-state index >= 15 is 0 Å². The van der Waals surface area contributed by atoms with Crippen molar-refractivity contribution >= 4 is 32.9 Å². The summed E-state index contributed by atoms with van der Waals surface area (Å²) in [5.74, 6) is 0. The molecule has 0 N–H and O–H groups in total. The molecule has 0 radical (unpaired) electrons. The lowest BCUT2D eigenvalue weighted by Gasteiger charge is -1.91. The van der Waals surface area contributed by atoms with E-state index < -0.39 is 0 Å². The summed E-state index contributed by atoms with van der Waals surface area (Å²) in [4.78, 5) is 5.93. The molecule has 3 aromatic heterocycles. The molecule has 0 fully saturated rings. The van der Waals surface area contributed by atoms with Gasteiger partial charge in [0, 0.05) is 28.2 Å². The topological polar surface area (TPSA) is 17.3 Å². The highest BCUT2D eigenvalue weighted by atomic mass is 79.9. The van der Waals surface area contributed by atoms with E-state index in [0.29, 0.717) is 0 Å². The van der Waals surface area contributed by atoms with Gasteiger partial charge in [0.25, 0.3) is 0 Å². The Hall–Kier alpha value is -1.13. The molecule has 0 amide bonds. The van der Waals surface area contributed by atoms with Gasteiger partial charge in [-0.1, -0.05) is 6.07 Å². The van der Waals surface area contributed by atoms with E-state index in [9.17, 15) is 0 Å². The lowest BCUT2D eigenvalue weighted by molar-refractivity contribution is 1.14. The van der Waals surface area contributed by atoms with E-state index in [1.165, 1.54) is 4.88 Å². The standard InChI is InChI=1S/C12H9BrN2S/c13-9-3-4-12-14-10(8-15(12)7-9)6-11-2-1-5-16-11/h1-5,7-8H,6H2. The van der Waals surface area contributed by atoms with Crippen LogP contribution in [0.1, 0.15) is 10.6 Å². The Morgan fingerprint density at radius 3 is 3.00 bits per heavy atom. The predicted octanol–water partition coefficient (Wildman–Crippen LogP) is 3.75. The molecule has 0 aromatic carbocycles. The van der Waals surface area contributed by atoms with Gasteiger partial charge in [0.15, 0.2) is 0 Å². The average molecular weight is 293 g/mol. The molecular weight excluding hydrogens is 284 g/mol. The van der Waals surface area contributed by atoms with Crippen molar-refractivity contribution in [3.8, 4) is 0 Å². The van der Waals surface area contributed by atoms with Gasteiger partial charge in [-0.15, -0.1) is 11.3 Å². The molecule has 3 aromatic rings. The van der Waals surface area contributed by atoms with Crippen molar-refractivity contribution in [1.29, 1.82) is 0 Å². The number of fused-ring (bicyclic) bond motifs is 1. The molecular formula is C12H9BrN2S. The number of aromatic nitrogens is 2. The van der Waals surface area contributed by atoms with Gasteiger partial charge in [-0.25, -0.2) is 4.98 Å². The van der Waals surface area contributed by atoms with Crippen molar-refractivity contribution < 1.29 is 0 Å². The first kappa shape index (κ1) is 10.1. The van der Waals surface area contributed by atoms with Crippen molar-refractivity contribution in [2.24, 2.45) is 0 Å². The van der Waals surface area contributed by atoms with E-state index in [1.807, 2.05) is 22.7 Å². The number of hydrogen-bond donors (Lipinski definition) is 0. The highest BCUT2D eigenvalue weighted by Crippen LogP contribution is 2.16. The van der Waals surface area contributed by atoms with Gasteiger partial charge >= 0.3 is 0 Å². The fraction of sp³-hybridized carbons (Fsp3) is 0.0833. The summed E-state index contributed by atoms with van der Waals surface area (Å²) in [6, 6.07) is 8.25. The highest BCUT2D eigenvalue weighted by molar-refractivity contribution is 9.10. The fourth-order valence-electron chi connectivity index (χ4n) is 1.69. The van der Waals surface area contributed by atoms with Crippen LogP contribution in [0.15, 0.2) is 46.5 Å². The average Bonchev–Trinajstić information content (AvgIpc) is 2.86. The molecule has 0 saturated heterocycles. The zero-order valence-electron chi connectivity index (χ0n) is 8.43.